The third-order valence-corrected chi connectivity index (χ3v) is 9.70. The van der Waals surface area contributed by atoms with E-state index in [9.17, 15) is 54.4 Å². The van der Waals surface area contributed by atoms with Crippen LogP contribution in [0, 0.1) is 0 Å². The number of aliphatic hydroxyl groups is 6. The molecule has 0 aliphatic carbocycles. The van der Waals surface area contributed by atoms with Crippen LogP contribution in [0.3, 0.4) is 0 Å². The number of nitrogens with two attached hydrogens (primary N) is 1. The van der Waals surface area contributed by atoms with E-state index < -0.39 is 82.1 Å². The summed E-state index contributed by atoms with van der Waals surface area (Å²) in [5.74, 6) is -0.302. The number of aromatic nitrogens is 4. The molecule has 0 saturated carbocycles. The summed E-state index contributed by atoms with van der Waals surface area (Å²) in [6, 6.07) is 0. The number of nitrogens with one attached hydrogen (secondary N) is 1. The molecule has 10 atom stereocenters. The Hall–Kier alpha value is 0.130. The maximum Gasteiger partial charge on any atom is 1.00 e. The van der Waals surface area contributed by atoms with Gasteiger partial charge in [-0.3, -0.25) is 23.2 Å². The Morgan fingerprint density at radius 1 is 1.12 bits per heavy atom. The van der Waals surface area contributed by atoms with Gasteiger partial charge >= 0.3 is 66.7 Å². The van der Waals surface area contributed by atoms with Crippen molar-refractivity contribution in [3.8, 4) is 0 Å². The van der Waals surface area contributed by atoms with Crippen molar-refractivity contribution >= 4 is 32.5 Å². The van der Waals surface area contributed by atoms with Gasteiger partial charge in [-0.2, -0.15) is 4.98 Å². The molecule has 4 rings (SSSR count). The van der Waals surface area contributed by atoms with E-state index in [2.05, 4.69) is 19.3 Å². The number of aromatic amines is 1. The van der Waals surface area contributed by atoms with Gasteiger partial charge in [-0.25, -0.2) is 4.98 Å². The van der Waals surface area contributed by atoms with Crippen LogP contribution in [0.4, 0.5) is 5.95 Å². The van der Waals surface area contributed by atoms with Crippen LogP contribution in [0.2, 0.25) is 0 Å². The van der Waals surface area contributed by atoms with Crippen molar-refractivity contribution in [2.45, 2.75) is 61.4 Å². The summed E-state index contributed by atoms with van der Waals surface area (Å²) in [7, 11) is -11.8. The van der Waals surface area contributed by atoms with Gasteiger partial charge in [0.25, 0.3) is 5.56 Å². The molecule has 0 bridgehead atoms. The number of H-pyrrole nitrogens is 1. The minimum absolute atomic E-state index is 0. The number of fused-ring (bicyclic) bond motifs is 1. The summed E-state index contributed by atoms with van der Waals surface area (Å²) in [6.07, 6.45) is -14.9. The quantitative estimate of drug-likeness (QED) is 0.104. The summed E-state index contributed by atoms with van der Waals surface area (Å²) >= 11 is 0. The third kappa shape index (κ3) is 6.62. The molecule has 4 heterocycles. The SMILES string of the molecule is C[C@]1(P(=O)(OC[C@H]2O[C@@H](n3cnc4c(=O)[nH]c(N)nc43)[C@H](O)[C@@H]2O)OP(=O)([O-])[O-])O[C@H](O)[C@@H](O)[C@H](O)[C@@H]1O.[Na+].[Na+]. The Bertz CT molecular complexity index is 1360. The molecule has 2 aromatic heterocycles. The minimum atomic E-state index is -6.18. The zero-order valence-corrected chi connectivity index (χ0v) is 26.9. The molecule has 40 heavy (non-hydrogen) atoms. The van der Waals surface area contributed by atoms with Gasteiger partial charge in [-0.05, 0) is 6.92 Å². The first-order chi connectivity index (χ1) is 17.5. The largest absolute Gasteiger partial charge is 1.00 e. The number of nitrogens with zero attached hydrogens (tertiary/aromatic N) is 3. The molecule has 2 saturated heterocycles. The first kappa shape index (κ1) is 36.3. The van der Waals surface area contributed by atoms with E-state index in [1.54, 1.807) is 0 Å². The molecule has 0 spiro atoms. The number of anilines is 1. The molecular weight excluding hydrogens is 610 g/mol. The number of imidazole rings is 1. The number of hydrogen-bond donors (Lipinski definition) is 8. The van der Waals surface area contributed by atoms with Crippen molar-refractivity contribution in [2.24, 2.45) is 0 Å². The second-order valence-electron chi connectivity index (χ2n) is 8.63. The zero-order valence-electron chi connectivity index (χ0n) is 21.1. The molecule has 9 N–H and O–H groups in total. The predicted molar refractivity (Wildman–Crippen MR) is 114 cm³/mol. The molecule has 2 aliphatic rings. The number of aliphatic hydroxyl groups excluding tert-OH is 6. The van der Waals surface area contributed by atoms with E-state index >= 15 is 0 Å². The van der Waals surface area contributed by atoms with Crippen LogP contribution in [0.1, 0.15) is 13.2 Å². The first-order valence-electron chi connectivity index (χ1n) is 10.6. The summed E-state index contributed by atoms with van der Waals surface area (Å²) in [6.45, 7) is -0.420. The van der Waals surface area contributed by atoms with Gasteiger partial charge in [0.2, 0.25) is 5.95 Å². The Kier molecular flexibility index (Phi) is 11.8. The molecule has 214 valence electrons. The molecule has 0 aromatic carbocycles. The van der Waals surface area contributed by atoms with Gasteiger partial charge in [-0.1, -0.05) is 0 Å². The molecule has 2 aromatic rings. The first-order valence-corrected chi connectivity index (χ1v) is 13.6. The number of ether oxygens (including phenoxy) is 2. The van der Waals surface area contributed by atoms with Crippen LogP contribution < -0.4 is 80.2 Å². The number of hydrogen-bond acceptors (Lipinski definition) is 18. The van der Waals surface area contributed by atoms with Crippen LogP contribution >= 0.6 is 15.4 Å². The van der Waals surface area contributed by atoms with Gasteiger partial charge in [0.15, 0.2) is 29.0 Å². The van der Waals surface area contributed by atoms with E-state index in [0.29, 0.717) is 6.92 Å². The number of phosphoric acid groups is 1. The van der Waals surface area contributed by atoms with E-state index in [-0.39, 0.29) is 76.2 Å². The summed E-state index contributed by atoms with van der Waals surface area (Å²) in [5, 5.41) is 57.9. The van der Waals surface area contributed by atoms with Crippen molar-refractivity contribution in [2.75, 3.05) is 12.3 Å². The fourth-order valence-electron chi connectivity index (χ4n) is 4.04. The van der Waals surface area contributed by atoms with E-state index in [1.165, 1.54) is 0 Å². The maximum absolute atomic E-state index is 13.5. The average molecular weight is 633 g/mol. The summed E-state index contributed by atoms with van der Waals surface area (Å²) < 4.78 is 45.4. The molecule has 0 radical (unpaired) electrons. The van der Waals surface area contributed by atoms with Crippen LogP contribution in [0.25, 0.3) is 11.2 Å². The Morgan fingerprint density at radius 3 is 2.35 bits per heavy atom. The van der Waals surface area contributed by atoms with Crippen molar-refractivity contribution in [3.63, 3.8) is 0 Å². The van der Waals surface area contributed by atoms with Gasteiger partial charge in [0.1, 0.15) is 36.6 Å². The van der Waals surface area contributed by atoms with Gasteiger partial charge in [0, 0.05) is 0 Å². The number of nitrogen functional groups attached to an aromatic ring is 1. The normalized spacial score (nSPS) is 36.0. The predicted octanol–water partition coefficient (Wildman–Crippen LogP) is -11.5. The van der Waals surface area contributed by atoms with Crippen molar-refractivity contribution < 1.29 is 127 Å². The molecule has 2 fully saturated rings. The topological polar surface area (TPSA) is 328 Å². The van der Waals surface area contributed by atoms with E-state index in [0.717, 1.165) is 10.9 Å². The third-order valence-electron chi connectivity index (χ3n) is 6.10. The van der Waals surface area contributed by atoms with Crippen LogP contribution in [0.5, 0.6) is 0 Å². The smallest absolute Gasteiger partial charge is 0.789 e. The molecular formula is C16H23N5Na2O15P2. The van der Waals surface area contributed by atoms with Crippen molar-refractivity contribution in [3.05, 3.63) is 16.7 Å². The molecule has 20 nitrogen and oxygen atoms in total. The minimum Gasteiger partial charge on any atom is -0.789 e. The second kappa shape index (κ2) is 13.0. The Labute approximate surface area is 267 Å². The van der Waals surface area contributed by atoms with Gasteiger partial charge in [0.05, 0.1) is 20.8 Å². The van der Waals surface area contributed by atoms with Crippen molar-refractivity contribution in [1.82, 2.24) is 19.5 Å². The molecule has 2 aliphatic heterocycles. The van der Waals surface area contributed by atoms with E-state index in [4.69, 9.17) is 19.7 Å². The summed E-state index contributed by atoms with van der Waals surface area (Å²) in [4.78, 5) is 44.7. The summed E-state index contributed by atoms with van der Waals surface area (Å²) in [5.41, 5.74) is 4.47. The van der Waals surface area contributed by atoms with Crippen molar-refractivity contribution in [1.29, 1.82) is 0 Å². The molecule has 0 amide bonds. The second-order valence-corrected chi connectivity index (χ2v) is 12.3. The fourth-order valence-corrected chi connectivity index (χ4v) is 7.25. The number of rotatable bonds is 7. The van der Waals surface area contributed by atoms with Crippen LogP contribution in [-0.4, -0.2) is 105 Å². The average Bonchev–Trinajstić information content (AvgIpc) is 3.35. The standard InChI is InChI=1S/C16H25N5O15P2.2Na/c1-16(10(26)7(23)9(25)14(28)35-16)37(29,36-38(30,31)32)33-2-4-6(22)8(24)13(34-4)21-3-18-5-11(21)19-15(17)20-12(5)27;;/h3-4,6-10,13-14,22-26,28H,2H2,1H3,(H2,30,31,32)(H3,17,19,20,27);;/q;2*+1/p-2/t4-,6-,7+,8-,9+,10+,13-,14+,16-,37?;;/m1../s1. The maximum atomic E-state index is 13.5. The Balaban J connectivity index is 0.00000280. The fraction of sp³-hybridized carbons (Fsp3) is 0.688. The van der Waals surface area contributed by atoms with Gasteiger partial charge in [-0.15, -0.1) is 0 Å². The van der Waals surface area contributed by atoms with Crippen LogP contribution in [0.15, 0.2) is 11.1 Å². The molecule has 24 heteroatoms. The Morgan fingerprint density at radius 2 is 1.75 bits per heavy atom. The molecule has 1 unspecified atom stereocenters. The van der Waals surface area contributed by atoms with E-state index in [1.807, 2.05) is 0 Å². The van der Waals surface area contributed by atoms with Crippen LogP contribution in [-0.2, 0) is 27.4 Å². The monoisotopic (exact) mass is 633 g/mol. The zero-order chi connectivity index (χ0) is 28.4. The van der Waals surface area contributed by atoms with Gasteiger partial charge < -0.3 is 64.7 Å².